The zero-order valence-corrected chi connectivity index (χ0v) is 14.5. The predicted molar refractivity (Wildman–Crippen MR) is 97.8 cm³/mol. The van der Waals surface area contributed by atoms with E-state index in [2.05, 4.69) is 77.0 Å². The molecule has 0 amide bonds. The summed E-state index contributed by atoms with van der Waals surface area (Å²) >= 11 is 0. The minimum atomic E-state index is 0.619. The van der Waals surface area contributed by atoms with Crippen molar-refractivity contribution in [2.24, 2.45) is 0 Å². The van der Waals surface area contributed by atoms with Crippen LogP contribution in [0.5, 0.6) is 0 Å². The molecule has 24 heavy (non-hydrogen) atoms. The first-order valence-corrected chi connectivity index (χ1v) is 8.97. The summed E-state index contributed by atoms with van der Waals surface area (Å²) in [5, 5.41) is 0. The second-order valence-corrected chi connectivity index (χ2v) is 6.25. The number of unbranched alkanes of at least 4 members (excludes halogenated alkanes) is 1. The van der Waals surface area contributed by atoms with E-state index in [0.29, 0.717) is 6.73 Å². The Hall–Kier alpha value is -2.13. The van der Waals surface area contributed by atoms with Gasteiger partial charge in [0.15, 0.2) is 17.8 Å². The van der Waals surface area contributed by atoms with Gasteiger partial charge in [0.25, 0.3) is 0 Å². The molecule has 2 aromatic carbocycles. The first kappa shape index (κ1) is 16.7. The molecule has 0 saturated heterocycles. The highest BCUT2D eigenvalue weighted by Gasteiger charge is 2.14. The number of rotatable bonds is 9. The minimum absolute atomic E-state index is 0.619. The lowest BCUT2D eigenvalue weighted by molar-refractivity contribution is -0.710. The van der Waals surface area contributed by atoms with Gasteiger partial charge < -0.3 is 4.74 Å². The van der Waals surface area contributed by atoms with Gasteiger partial charge >= 0.3 is 0 Å². The molecule has 0 atom stereocenters. The van der Waals surface area contributed by atoms with E-state index in [1.807, 2.05) is 0 Å². The van der Waals surface area contributed by atoms with Crippen molar-refractivity contribution in [3.63, 3.8) is 0 Å². The van der Waals surface area contributed by atoms with Gasteiger partial charge in [-0.3, -0.25) is 0 Å². The van der Waals surface area contributed by atoms with Crippen molar-refractivity contribution in [2.45, 2.75) is 45.9 Å². The van der Waals surface area contributed by atoms with Gasteiger partial charge in [0, 0.05) is 0 Å². The largest absolute Gasteiger partial charge is 0.342 e. The maximum absolute atomic E-state index is 5.92. The third-order valence-corrected chi connectivity index (χ3v) is 4.36. The molecule has 0 aliphatic rings. The third kappa shape index (κ3) is 4.24. The Kier molecular flexibility index (Phi) is 6.02. The fourth-order valence-electron chi connectivity index (χ4n) is 3.04. The normalized spacial score (nSPS) is 11.2. The van der Waals surface area contributed by atoms with Crippen molar-refractivity contribution in [3.8, 4) is 0 Å². The maximum atomic E-state index is 5.92. The van der Waals surface area contributed by atoms with Crippen LogP contribution in [0.15, 0.2) is 60.9 Å². The first-order chi connectivity index (χ1) is 11.9. The molecule has 0 unspecified atom stereocenters. The average molecular weight is 323 g/mol. The van der Waals surface area contributed by atoms with Crippen LogP contribution < -0.4 is 4.57 Å². The van der Waals surface area contributed by atoms with Crippen LogP contribution >= 0.6 is 0 Å². The molecule has 3 heteroatoms. The summed E-state index contributed by atoms with van der Waals surface area (Å²) in [6.45, 7) is 4.71. The predicted octanol–water partition coefficient (Wildman–Crippen LogP) is 4.34. The number of hydrogen-bond donors (Lipinski definition) is 0. The first-order valence-electron chi connectivity index (χ1n) is 8.97. The van der Waals surface area contributed by atoms with Crippen LogP contribution in [0.2, 0.25) is 0 Å². The molecule has 0 saturated carbocycles. The highest BCUT2D eigenvalue weighted by Crippen LogP contribution is 2.12. The summed E-state index contributed by atoms with van der Waals surface area (Å²) in [4.78, 5) is 0. The molecular formula is C21H27N2O+. The van der Waals surface area contributed by atoms with E-state index in [9.17, 15) is 0 Å². The van der Waals surface area contributed by atoms with E-state index in [-0.39, 0.29) is 0 Å². The molecule has 0 bridgehead atoms. The third-order valence-electron chi connectivity index (χ3n) is 4.36. The molecule has 0 N–H and O–H groups in total. The Labute approximate surface area is 144 Å². The summed E-state index contributed by atoms with van der Waals surface area (Å²) in [5.41, 5.74) is 3.92. The van der Waals surface area contributed by atoms with Gasteiger partial charge in [-0.15, -0.1) is 0 Å². The second kappa shape index (κ2) is 8.65. The van der Waals surface area contributed by atoms with Gasteiger partial charge in [0.05, 0.1) is 13.2 Å². The maximum Gasteiger partial charge on any atom is 0.246 e. The molecule has 1 heterocycles. The number of para-hydroxylation sites is 2. The van der Waals surface area contributed by atoms with Crippen LogP contribution in [0.25, 0.3) is 11.0 Å². The zero-order valence-electron chi connectivity index (χ0n) is 14.5. The Bertz CT molecular complexity index is 749. The van der Waals surface area contributed by atoms with Crippen LogP contribution in [0.3, 0.4) is 0 Å². The summed E-state index contributed by atoms with van der Waals surface area (Å²) in [6, 6.07) is 19.2. The molecular weight excluding hydrogens is 296 g/mol. The van der Waals surface area contributed by atoms with Crippen molar-refractivity contribution < 1.29 is 9.30 Å². The number of fused-ring (bicyclic) bond motifs is 1. The topological polar surface area (TPSA) is 18.0 Å². The van der Waals surface area contributed by atoms with Gasteiger partial charge in [0.1, 0.15) is 0 Å². The number of hydrogen-bond acceptors (Lipinski definition) is 1. The fourth-order valence-corrected chi connectivity index (χ4v) is 3.04. The highest BCUT2D eigenvalue weighted by atomic mass is 16.5. The number of aromatic nitrogens is 2. The van der Waals surface area contributed by atoms with E-state index in [1.54, 1.807) is 0 Å². The van der Waals surface area contributed by atoms with Gasteiger partial charge in [-0.05, 0) is 37.0 Å². The van der Waals surface area contributed by atoms with Crippen LogP contribution in [0.1, 0.15) is 31.7 Å². The Morgan fingerprint density at radius 2 is 1.75 bits per heavy atom. The number of benzene rings is 2. The van der Waals surface area contributed by atoms with E-state index < -0.39 is 0 Å². The molecule has 3 nitrogen and oxygen atoms in total. The van der Waals surface area contributed by atoms with Gasteiger partial charge in [-0.1, -0.05) is 55.8 Å². The van der Waals surface area contributed by atoms with Crippen molar-refractivity contribution >= 4 is 11.0 Å². The zero-order chi connectivity index (χ0) is 16.6. The van der Waals surface area contributed by atoms with Crippen LogP contribution in [-0.4, -0.2) is 11.2 Å². The minimum Gasteiger partial charge on any atom is -0.342 e. The number of ether oxygens (including phenoxy) is 1. The SMILES string of the molecule is CCCCn1c[n+](COCCCc2ccccc2)c2ccccc21. The standard InChI is InChI=1S/C21H27N2O/c1-2-3-15-22-17-23(21-14-8-7-13-20(21)22)18-24-16-9-12-19-10-5-4-6-11-19/h4-8,10-11,13-14,17H,2-3,9,12,15-16,18H2,1H3/q+1. The molecule has 0 spiro atoms. The highest BCUT2D eigenvalue weighted by molar-refractivity contribution is 5.71. The van der Waals surface area contributed by atoms with Crippen molar-refractivity contribution in [3.05, 3.63) is 66.5 Å². The Morgan fingerprint density at radius 3 is 2.58 bits per heavy atom. The lowest BCUT2D eigenvalue weighted by atomic mass is 10.1. The summed E-state index contributed by atoms with van der Waals surface area (Å²) in [7, 11) is 0. The van der Waals surface area contributed by atoms with Crippen LogP contribution in [0.4, 0.5) is 0 Å². The van der Waals surface area contributed by atoms with Gasteiger partial charge in [-0.25, -0.2) is 9.13 Å². The summed E-state index contributed by atoms with van der Waals surface area (Å²) in [5.74, 6) is 0. The van der Waals surface area contributed by atoms with Crippen molar-refractivity contribution in [1.82, 2.24) is 4.57 Å². The molecule has 0 fully saturated rings. The smallest absolute Gasteiger partial charge is 0.246 e. The number of nitrogens with zero attached hydrogens (tertiary/aromatic N) is 2. The summed E-state index contributed by atoms with van der Waals surface area (Å²) in [6.07, 6.45) is 6.74. The molecule has 3 rings (SSSR count). The van der Waals surface area contributed by atoms with E-state index in [1.165, 1.54) is 29.4 Å². The Morgan fingerprint density at radius 1 is 0.958 bits per heavy atom. The van der Waals surface area contributed by atoms with Crippen LogP contribution in [0, 0.1) is 0 Å². The number of imidazole rings is 1. The Balaban J connectivity index is 1.55. The van der Waals surface area contributed by atoms with Crippen molar-refractivity contribution in [1.29, 1.82) is 0 Å². The van der Waals surface area contributed by atoms with E-state index in [0.717, 1.165) is 26.0 Å². The summed E-state index contributed by atoms with van der Waals surface area (Å²) < 4.78 is 10.5. The monoisotopic (exact) mass is 323 g/mol. The van der Waals surface area contributed by atoms with Gasteiger partial charge in [0.2, 0.25) is 6.33 Å². The van der Waals surface area contributed by atoms with E-state index >= 15 is 0 Å². The lowest BCUT2D eigenvalue weighted by Crippen LogP contribution is -2.34. The molecule has 1 aromatic heterocycles. The average Bonchev–Trinajstić information content (AvgIpc) is 2.99. The fraction of sp³-hybridized carbons (Fsp3) is 0.381. The van der Waals surface area contributed by atoms with E-state index in [4.69, 9.17) is 4.74 Å². The molecule has 0 aliphatic heterocycles. The molecule has 3 aromatic rings. The molecule has 0 radical (unpaired) electrons. The molecule has 0 aliphatic carbocycles. The van der Waals surface area contributed by atoms with Crippen LogP contribution in [-0.2, 0) is 24.4 Å². The van der Waals surface area contributed by atoms with Gasteiger partial charge in [-0.2, -0.15) is 0 Å². The number of aryl methyl sites for hydroxylation is 2. The quantitative estimate of drug-likeness (QED) is 0.423. The lowest BCUT2D eigenvalue weighted by Gasteiger charge is -2.03. The second-order valence-electron chi connectivity index (χ2n) is 6.25. The molecule has 126 valence electrons. The van der Waals surface area contributed by atoms with Crippen molar-refractivity contribution in [2.75, 3.05) is 6.61 Å².